The van der Waals surface area contributed by atoms with Gasteiger partial charge in [0.05, 0.1) is 7.11 Å². The molecule has 7 nitrogen and oxygen atoms in total. The third-order valence-electron chi connectivity index (χ3n) is 5.26. The van der Waals surface area contributed by atoms with Crippen molar-refractivity contribution in [2.75, 3.05) is 20.3 Å². The molecule has 0 N–H and O–H groups in total. The number of ether oxygens (including phenoxy) is 3. The largest absolute Gasteiger partial charge is 0.496 e. The predicted octanol–water partition coefficient (Wildman–Crippen LogP) is 3.31. The van der Waals surface area contributed by atoms with Crippen LogP contribution >= 0.6 is 0 Å². The molecular formula is C22H29NO6. The summed E-state index contributed by atoms with van der Waals surface area (Å²) >= 11 is 0. The highest BCUT2D eigenvalue weighted by molar-refractivity contribution is 6.00. The van der Waals surface area contributed by atoms with Crippen LogP contribution in [0.1, 0.15) is 61.5 Å². The van der Waals surface area contributed by atoms with Gasteiger partial charge in [-0.25, -0.2) is 9.59 Å². The van der Waals surface area contributed by atoms with Gasteiger partial charge >= 0.3 is 12.1 Å². The molecule has 0 bridgehead atoms. The van der Waals surface area contributed by atoms with Crippen molar-refractivity contribution in [3.05, 3.63) is 28.8 Å². The van der Waals surface area contributed by atoms with Gasteiger partial charge in [0.25, 0.3) is 0 Å². The van der Waals surface area contributed by atoms with Crippen molar-refractivity contribution in [3.8, 4) is 5.75 Å². The van der Waals surface area contributed by atoms with Crippen LogP contribution in [0.3, 0.4) is 0 Å². The van der Waals surface area contributed by atoms with E-state index >= 15 is 0 Å². The van der Waals surface area contributed by atoms with E-state index < -0.39 is 23.7 Å². The standard InChI is InChI=1S/C22H29NO6/c1-22(2,3)29-21(26)23-12-6-9-17(23)20(25)28-13-18(24)15-10-11-19(27-4)16-8-5-7-14(15)16/h10-11,17H,5-9,12-13H2,1-4H3/t17-/m0/s1. The number of fused-ring (bicyclic) bond motifs is 1. The van der Waals surface area contributed by atoms with E-state index in [1.165, 1.54) is 4.90 Å². The Labute approximate surface area is 171 Å². The van der Waals surface area contributed by atoms with Gasteiger partial charge < -0.3 is 14.2 Å². The van der Waals surface area contributed by atoms with E-state index in [-0.39, 0.29) is 12.4 Å². The number of Topliss-reactive ketones (excluding diaryl/α,β-unsaturated/α-hetero) is 1. The lowest BCUT2D eigenvalue weighted by Crippen LogP contribution is -2.44. The minimum Gasteiger partial charge on any atom is -0.496 e. The molecule has 7 heteroatoms. The van der Waals surface area contributed by atoms with Gasteiger partial charge in [-0.15, -0.1) is 0 Å². The number of likely N-dealkylation sites (tertiary alicyclic amines) is 1. The first kappa shape index (κ1) is 21.1. The van der Waals surface area contributed by atoms with Gasteiger partial charge in [-0.1, -0.05) is 0 Å². The first-order chi connectivity index (χ1) is 13.7. The van der Waals surface area contributed by atoms with E-state index in [2.05, 4.69) is 0 Å². The SMILES string of the molecule is COc1ccc(C(=O)COC(=O)[C@@H]2CCCN2C(=O)OC(C)(C)C)c2c1CCC2. The van der Waals surface area contributed by atoms with Crippen LogP contribution in [-0.4, -0.2) is 54.7 Å². The molecule has 0 unspecified atom stereocenters. The highest BCUT2D eigenvalue weighted by Gasteiger charge is 2.38. The summed E-state index contributed by atoms with van der Waals surface area (Å²) in [4.78, 5) is 39.0. The monoisotopic (exact) mass is 403 g/mol. The summed E-state index contributed by atoms with van der Waals surface area (Å²) in [5, 5.41) is 0. The fourth-order valence-corrected chi connectivity index (χ4v) is 3.99. The quantitative estimate of drug-likeness (QED) is 0.554. The second-order valence-electron chi connectivity index (χ2n) is 8.49. The molecule has 0 saturated carbocycles. The summed E-state index contributed by atoms with van der Waals surface area (Å²) in [6, 6.07) is 2.82. The molecule has 158 valence electrons. The van der Waals surface area contributed by atoms with Crippen molar-refractivity contribution in [3.63, 3.8) is 0 Å². The maximum atomic E-state index is 12.7. The molecule has 0 aromatic heterocycles. The Morgan fingerprint density at radius 3 is 2.52 bits per heavy atom. The molecule has 0 radical (unpaired) electrons. The van der Waals surface area contributed by atoms with Gasteiger partial charge in [0, 0.05) is 12.1 Å². The van der Waals surface area contributed by atoms with Crippen LogP contribution in [0.25, 0.3) is 0 Å². The van der Waals surface area contributed by atoms with Crippen molar-refractivity contribution in [1.29, 1.82) is 0 Å². The molecule has 1 aromatic rings. The van der Waals surface area contributed by atoms with E-state index in [0.29, 0.717) is 24.9 Å². The Bertz CT molecular complexity index is 810. The van der Waals surface area contributed by atoms with Gasteiger partial charge in [-0.2, -0.15) is 0 Å². The summed E-state index contributed by atoms with van der Waals surface area (Å²) in [6.45, 7) is 5.44. The lowest BCUT2D eigenvalue weighted by atomic mass is 9.99. The maximum absolute atomic E-state index is 12.7. The van der Waals surface area contributed by atoms with Crippen molar-refractivity contribution < 1.29 is 28.6 Å². The topological polar surface area (TPSA) is 82.1 Å². The minimum absolute atomic E-state index is 0.235. The van der Waals surface area contributed by atoms with Gasteiger partial charge in [0.1, 0.15) is 17.4 Å². The van der Waals surface area contributed by atoms with Crippen LogP contribution in [0.5, 0.6) is 5.75 Å². The smallest absolute Gasteiger partial charge is 0.411 e. The average Bonchev–Trinajstić information content (AvgIpc) is 3.33. The maximum Gasteiger partial charge on any atom is 0.411 e. The number of benzene rings is 1. The van der Waals surface area contributed by atoms with E-state index in [0.717, 1.165) is 36.1 Å². The van der Waals surface area contributed by atoms with Crippen LogP contribution in [-0.2, 0) is 27.1 Å². The summed E-state index contributed by atoms with van der Waals surface area (Å²) in [7, 11) is 1.62. The van der Waals surface area contributed by atoms with E-state index in [1.54, 1.807) is 40.0 Å². The van der Waals surface area contributed by atoms with Crippen LogP contribution in [0, 0.1) is 0 Å². The number of hydrogen-bond acceptors (Lipinski definition) is 6. The van der Waals surface area contributed by atoms with Crippen LogP contribution < -0.4 is 4.74 Å². The Morgan fingerprint density at radius 2 is 1.83 bits per heavy atom. The van der Waals surface area contributed by atoms with Crippen LogP contribution in [0.4, 0.5) is 4.79 Å². The second-order valence-corrected chi connectivity index (χ2v) is 8.49. The average molecular weight is 403 g/mol. The first-order valence-corrected chi connectivity index (χ1v) is 10.1. The molecule has 2 aliphatic rings. The molecular weight excluding hydrogens is 374 g/mol. The molecule has 1 saturated heterocycles. The number of ketones is 1. The number of rotatable bonds is 5. The zero-order chi connectivity index (χ0) is 21.2. The number of carbonyl (C=O) groups is 3. The fraction of sp³-hybridized carbons (Fsp3) is 0.591. The predicted molar refractivity (Wildman–Crippen MR) is 106 cm³/mol. The van der Waals surface area contributed by atoms with E-state index in [1.807, 2.05) is 0 Å². The molecule has 1 amide bonds. The molecule has 1 aromatic carbocycles. The highest BCUT2D eigenvalue weighted by atomic mass is 16.6. The molecule has 1 fully saturated rings. The number of methoxy groups -OCH3 is 1. The lowest BCUT2D eigenvalue weighted by Gasteiger charge is -2.27. The normalized spacial score (nSPS) is 18.3. The minimum atomic E-state index is -0.709. The molecule has 1 heterocycles. The molecule has 1 atom stereocenters. The highest BCUT2D eigenvalue weighted by Crippen LogP contribution is 2.33. The molecule has 0 spiro atoms. The van der Waals surface area contributed by atoms with Crippen LogP contribution in [0.15, 0.2) is 12.1 Å². The summed E-state index contributed by atoms with van der Waals surface area (Å²) in [5.41, 5.74) is 2.00. The number of hydrogen-bond donors (Lipinski definition) is 0. The third kappa shape index (κ3) is 4.71. The van der Waals surface area contributed by atoms with Gasteiger partial charge in [-0.3, -0.25) is 9.69 Å². The molecule has 29 heavy (non-hydrogen) atoms. The molecule has 1 aliphatic heterocycles. The Hall–Kier alpha value is -2.57. The lowest BCUT2D eigenvalue weighted by molar-refractivity contribution is -0.147. The number of esters is 1. The first-order valence-electron chi connectivity index (χ1n) is 10.1. The molecule has 3 rings (SSSR count). The van der Waals surface area contributed by atoms with E-state index in [9.17, 15) is 14.4 Å². The molecule has 1 aliphatic carbocycles. The van der Waals surface area contributed by atoms with Crippen LogP contribution in [0.2, 0.25) is 0 Å². The van der Waals surface area contributed by atoms with Crippen molar-refractivity contribution in [2.24, 2.45) is 0 Å². The Kier molecular flexibility index (Phi) is 6.15. The summed E-state index contributed by atoms with van der Waals surface area (Å²) in [5.74, 6) is -0.00200. The second kappa shape index (κ2) is 8.43. The van der Waals surface area contributed by atoms with E-state index in [4.69, 9.17) is 14.2 Å². The Morgan fingerprint density at radius 1 is 1.10 bits per heavy atom. The summed E-state index contributed by atoms with van der Waals surface area (Å²) < 4.78 is 16.0. The zero-order valence-electron chi connectivity index (χ0n) is 17.6. The van der Waals surface area contributed by atoms with Crippen molar-refractivity contribution in [2.45, 2.75) is 64.5 Å². The number of nitrogens with zero attached hydrogens (tertiary/aromatic N) is 1. The number of amides is 1. The van der Waals surface area contributed by atoms with Crippen molar-refractivity contribution in [1.82, 2.24) is 4.90 Å². The third-order valence-corrected chi connectivity index (χ3v) is 5.26. The van der Waals surface area contributed by atoms with Crippen molar-refractivity contribution >= 4 is 17.8 Å². The fourth-order valence-electron chi connectivity index (χ4n) is 3.99. The van der Waals surface area contributed by atoms with Gasteiger partial charge in [0.15, 0.2) is 6.61 Å². The number of carbonyl (C=O) groups excluding carboxylic acids is 3. The Balaban J connectivity index is 1.63. The zero-order valence-corrected chi connectivity index (χ0v) is 17.6. The van der Waals surface area contributed by atoms with Gasteiger partial charge in [0.2, 0.25) is 5.78 Å². The van der Waals surface area contributed by atoms with Gasteiger partial charge in [-0.05, 0) is 76.1 Å². The summed E-state index contributed by atoms with van der Waals surface area (Å²) in [6.07, 6.45) is 3.34.